The molecule has 0 radical (unpaired) electrons. The number of hydrogen-bond acceptors (Lipinski definition) is 5. The average molecular weight is 337 g/mol. The Kier molecular flexibility index (Phi) is 13.2. The monoisotopic (exact) mass is 337 g/mol. The minimum Gasteiger partial charge on any atom is -0.382 e. The third-order valence-corrected chi connectivity index (χ3v) is 3.56. The SMILES string of the molecule is CCNC(=NCCCCOCC)NCCOCCS(C)(=O)=O. The molecule has 0 saturated heterocycles. The number of guanidine groups is 1. The Balaban J connectivity index is 3.74. The van der Waals surface area contributed by atoms with Crippen LogP contribution in [0.4, 0.5) is 0 Å². The number of unbranched alkanes of at least 4 members (excludes halogenated alkanes) is 1. The van der Waals surface area contributed by atoms with Crippen molar-refractivity contribution in [2.45, 2.75) is 26.7 Å². The molecule has 0 aromatic carbocycles. The average Bonchev–Trinajstić information content (AvgIpc) is 2.45. The zero-order valence-corrected chi connectivity index (χ0v) is 14.9. The van der Waals surface area contributed by atoms with Gasteiger partial charge < -0.3 is 20.1 Å². The zero-order chi connectivity index (χ0) is 16.7. The van der Waals surface area contributed by atoms with E-state index in [2.05, 4.69) is 15.6 Å². The first-order chi connectivity index (χ1) is 10.5. The van der Waals surface area contributed by atoms with Gasteiger partial charge in [-0.15, -0.1) is 0 Å². The highest BCUT2D eigenvalue weighted by Gasteiger charge is 2.01. The van der Waals surface area contributed by atoms with Gasteiger partial charge in [-0.25, -0.2) is 8.42 Å². The standard InChI is InChI=1S/C14H31N3O4S/c1-4-15-14(16-8-6-7-10-20-5-2)17-9-11-21-12-13-22(3,18)19/h4-13H2,1-3H3,(H2,15,16,17). The van der Waals surface area contributed by atoms with Crippen LogP contribution in [0.2, 0.25) is 0 Å². The first kappa shape index (κ1) is 21.1. The van der Waals surface area contributed by atoms with Crippen LogP contribution in [-0.4, -0.2) is 72.4 Å². The van der Waals surface area contributed by atoms with Gasteiger partial charge in [-0.3, -0.25) is 4.99 Å². The van der Waals surface area contributed by atoms with E-state index in [4.69, 9.17) is 9.47 Å². The Labute approximate surface area is 134 Å². The van der Waals surface area contributed by atoms with Gasteiger partial charge in [0.25, 0.3) is 0 Å². The number of nitrogens with zero attached hydrogens (tertiary/aromatic N) is 1. The van der Waals surface area contributed by atoms with Gasteiger partial charge in [-0.1, -0.05) is 0 Å². The van der Waals surface area contributed by atoms with Gasteiger partial charge in [0.2, 0.25) is 0 Å². The summed E-state index contributed by atoms with van der Waals surface area (Å²) in [6, 6.07) is 0. The molecule has 0 bridgehead atoms. The van der Waals surface area contributed by atoms with E-state index in [-0.39, 0.29) is 12.4 Å². The summed E-state index contributed by atoms with van der Waals surface area (Å²) in [5.74, 6) is 0.812. The van der Waals surface area contributed by atoms with Crippen molar-refractivity contribution in [1.82, 2.24) is 10.6 Å². The van der Waals surface area contributed by atoms with Gasteiger partial charge in [0.05, 0.1) is 19.0 Å². The molecule has 0 unspecified atom stereocenters. The molecule has 8 heteroatoms. The molecule has 0 aliphatic carbocycles. The highest BCUT2D eigenvalue weighted by Crippen LogP contribution is 1.91. The quantitative estimate of drug-likeness (QED) is 0.288. The molecule has 0 aliphatic rings. The molecular formula is C14H31N3O4S. The van der Waals surface area contributed by atoms with Gasteiger partial charge >= 0.3 is 0 Å². The topological polar surface area (TPSA) is 89.0 Å². The Morgan fingerprint density at radius 1 is 1.05 bits per heavy atom. The lowest BCUT2D eigenvalue weighted by atomic mass is 10.3. The van der Waals surface area contributed by atoms with Crippen LogP contribution in [0, 0.1) is 0 Å². The predicted molar refractivity (Wildman–Crippen MR) is 90.2 cm³/mol. The molecule has 2 N–H and O–H groups in total. The normalized spacial score (nSPS) is 12.4. The number of rotatable bonds is 13. The molecule has 0 atom stereocenters. The third kappa shape index (κ3) is 15.5. The summed E-state index contributed by atoms with van der Waals surface area (Å²) < 4.78 is 32.4. The minimum atomic E-state index is -2.95. The lowest BCUT2D eigenvalue weighted by Crippen LogP contribution is -2.39. The van der Waals surface area contributed by atoms with E-state index in [0.29, 0.717) is 13.2 Å². The summed E-state index contributed by atoms with van der Waals surface area (Å²) in [4.78, 5) is 4.46. The Morgan fingerprint density at radius 3 is 2.45 bits per heavy atom. The molecule has 7 nitrogen and oxygen atoms in total. The van der Waals surface area contributed by atoms with Crippen molar-refractivity contribution in [1.29, 1.82) is 0 Å². The van der Waals surface area contributed by atoms with Crippen LogP contribution < -0.4 is 10.6 Å². The fourth-order valence-corrected chi connectivity index (χ4v) is 1.97. The van der Waals surface area contributed by atoms with Crippen molar-refractivity contribution in [3.05, 3.63) is 0 Å². The number of aliphatic imine (C=N–C) groups is 1. The van der Waals surface area contributed by atoms with Gasteiger partial charge in [-0.05, 0) is 26.7 Å². The maximum Gasteiger partial charge on any atom is 0.191 e. The molecule has 0 amide bonds. The lowest BCUT2D eigenvalue weighted by molar-refractivity contribution is 0.144. The largest absolute Gasteiger partial charge is 0.382 e. The summed E-state index contributed by atoms with van der Waals surface area (Å²) in [5, 5.41) is 6.31. The summed E-state index contributed by atoms with van der Waals surface area (Å²) in [5.41, 5.74) is 0. The molecule has 22 heavy (non-hydrogen) atoms. The molecular weight excluding hydrogens is 306 g/mol. The Bertz CT molecular complexity index is 386. The lowest BCUT2D eigenvalue weighted by Gasteiger charge is -2.11. The van der Waals surface area contributed by atoms with Crippen molar-refractivity contribution in [3.8, 4) is 0 Å². The number of ether oxygens (including phenoxy) is 2. The molecule has 132 valence electrons. The van der Waals surface area contributed by atoms with Crippen LogP contribution >= 0.6 is 0 Å². The van der Waals surface area contributed by atoms with Crippen molar-refractivity contribution < 1.29 is 17.9 Å². The van der Waals surface area contributed by atoms with Gasteiger partial charge in [0.15, 0.2) is 5.96 Å². The minimum absolute atomic E-state index is 0.0565. The molecule has 0 aliphatic heterocycles. The molecule has 0 saturated carbocycles. The molecule has 0 aromatic heterocycles. The van der Waals surface area contributed by atoms with E-state index in [1.54, 1.807) is 0 Å². The summed E-state index contributed by atoms with van der Waals surface area (Å²) in [6.45, 7) is 8.34. The van der Waals surface area contributed by atoms with Crippen LogP contribution in [0.5, 0.6) is 0 Å². The second kappa shape index (κ2) is 13.8. The first-order valence-electron chi connectivity index (χ1n) is 7.85. The molecule has 0 spiro atoms. The number of nitrogens with one attached hydrogen (secondary N) is 2. The molecule has 0 rings (SSSR count). The summed E-state index contributed by atoms with van der Waals surface area (Å²) >= 11 is 0. The fourth-order valence-electron chi connectivity index (χ4n) is 1.55. The number of hydrogen-bond donors (Lipinski definition) is 2. The summed E-state index contributed by atoms with van der Waals surface area (Å²) in [7, 11) is -2.95. The van der Waals surface area contributed by atoms with E-state index in [1.807, 2.05) is 13.8 Å². The third-order valence-electron chi connectivity index (χ3n) is 2.65. The van der Waals surface area contributed by atoms with E-state index in [9.17, 15) is 8.42 Å². The second-order valence-corrected chi connectivity index (χ2v) is 7.09. The highest BCUT2D eigenvalue weighted by atomic mass is 32.2. The summed E-state index contributed by atoms with van der Waals surface area (Å²) in [6.07, 6.45) is 3.20. The smallest absolute Gasteiger partial charge is 0.191 e. The maximum atomic E-state index is 10.9. The Morgan fingerprint density at radius 2 is 1.82 bits per heavy atom. The highest BCUT2D eigenvalue weighted by molar-refractivity contribution is 7.90. The van der Waals surface area contributed by atoms with Crippen LogP contribution in [0.25, 0.3) is 0 Å². The molecule has 0 heterocycles. The van der Waals surface area contributed by atoms with Crippen LogP contribution in [0.3, 0.4) is 0 Å². The first-order valence-corrected chi connectivity index (χ1v) is 9.91. The van der Waals surface area contributed by atoms with E-state index >= 15 is 0 Å². The fraction of sp³-hybridized carbons (Fsp3) is 0.929. The van der Waals surface area contributed by atoms with Crippen LogP contribution in [0.1, 0.15) is 26.7 Å². The van der Waals surface area contributed by atoms with E-state index in [1.165, 1.54) is 6.26 Å². The van der Waals surface area contributed by atoms with Gasteiger partial charge in [0, 0.05) is 39.1 Å². The molecule has 0 fully saturated rings. The van der Waals surface area contributed by atoms with Gasteiger partial charge in [0.1, 0.15) is 9.84 Å². The van der Waals surface area contributed by atoms with Crippen molar-refractivity contribution in [3.63, 3.8) is 0 Å². The predicted octanol–water partition coefficient (Wildman–Crippen LogP) is 0.419. The van der Waals surface area contributed by atoms with Crippen molar-refractivity contribution in [2.24, 2.45) is 4.99 Å². The molecule has 0 aromatic rings. The Hall–Kier alpha value is -0.860. The maximum absolute atomic E-state index is 10.9. The van der Waals surface area contributed by atoms with Crippen molar-refractivity contribution >= 4 is 15.8 Å². The van der Waals surface area contributed by atoms with Crippen molar-refractivity contribution in [2.75, 3.05) is 58.1 Å². The van der Waals surface area contributed by atoms with E-state index < -0.39 is 9.84 Å². The van der Waals surface area contributed by atoms with Crippen LogP contribution in [-0.2, 0) is 19.3 Å². The second-order valence-electron chi connectivity index (χ2n) is 4.83. The van der Waals surface area contributed by atoms with Gasteiger partial charge in [-0.2, -0.15) is 0 Å². The number of sulfone groups is 1. The van der Waals surface area contributed by atoms with Crippen LogP contribution in [0.15, 0.2) is 4.99 Å². The zero-order valence-electron chi connectivity index (χ0n) is 14.1. The van der Waals surface area contributed by atoms with E-state index in [0.717, 1.165) is 45.1 Å².